The Morgan fingerprint density at radius 2 is 1.53 bits per heavy atom. The van der Waals surface area contributed by atoms with E-state index in [9.17, 15) is 44.6 Å². The van der Waals surface area contributed by atoms with Crippen molar-refractivity contribution in [3.63, 3.8) is 0 Å². The molecule has 0 spiro atoms. The van der Waals surface area contributed by atoms with Gasteiger partial charge in [-0.05, 0) is 96.8 Å². The van der Waals surface area contributed by atoms with Gasteiger partial charge in [0.2, 0.25) is 0 Å². The van der Waals surface area contributed by atoms with Crippen LogP contribution in [0.5, 0.6) is 0 Å². The van der Waals surface area contributed by atoms with Gasteiger partial charge in [0.25, 0.3) is 5.69 Å². The maximum atomic E-state index is 14.5. The lowest BCUT2D eigenvalue weighted by molar-refractivity contribution is -0.384. The fourth-order valence-electron chi connectivity index (χ4n) is 9.36. The van der Waals surface area contributed by atoms with E-state index in [2.05, 4.69) is 0 Å². The number of non-ortho nitro benzene ring substituents is 1. The molecule has 0 amide bonds. The SMILES string of the molecule is CCOC(=O)/C=C/C[C@H]1C[C@@H](C)C(=O)/C=C/C(C)=C/[C@H](CO[C@@H]2O[C@H](C)[C@@H](O)[C@@H](OC)[C@H]2OC)[C@@H](CC)OC(=O)C[C@@H](OC(=O)/C=C/c2ccc([N+](=O)[O-])cc2)[C@H](C)[C@H]1O[C@H]1O[C@@H](C)[C@H](O)[C@@H](N(C)C)[C@@H]1O. The summed E-state index contributed by atoms with van der Waals surface area (Å²) in [5.74, 6) is -5.45. The van der Waals surface area contributed by atoms with Crippen LogP contribution in [0.4, 0.5) is 5.69 Å². The number of nitrogens with zero attached hydrogens (tertiary/aromatic N) is 2. The third-order valence-corrected chi connectivity index (χ3v) is 13.4. The van der Waals surface area contributed by atoms with E-state index in [1.54, 1.807) is 72.7 Å². The number of nitro groups is 1. The fourth-order valence-corrected chi connectivity index (χ4v) is 9.36. The Hall–Kier alpha value is -4.74. The van der Waals surface area contributed by atoms with Gasteiger partial charge in [-0.25, -0.2) is 9.59 Å². The molecular weight excluding hydrogens is 941 g/mol. The number of ether oxygens (including phenoxy) is 9. The first-order chi connectivity index (χ1) is 34.1. The molecule has 3 N–H and O–H groups in total. The summed E-state index contributed by atoms with van der Waals surface area (Å²) in [5, 5.41) is 44.9. The van der Waals surface area contributed by atoms with E-state index in [0.717, 1.165) is 6.08 Å². The number of aliphatic hydroxyl groups excluding tert-OH is 3. The smallest absolute Gasteiger partial charge is 0.331 e. The van der Waals surface area contributed by atoms with Gasteiger partial charge in [0.05, 0.1) is 55.0 Å². The second-order valence-electron chi connectivity index (χ2n) is 18.9. The highest BCUT2D eigenvalue weighted by Crippen LogP contribution is 2.36. The zero-order valence-corrected chi connectivity index (χ0v) is 43.3. The molecule has 3 aliphatic heterocycles. The first kappa shape index (κ1) is 59.8. The van der Waals surface area contributed by atoms with Crippen molar-refractivity contribution in [3.8, 4) is 0 Å². The Morgan fingerprint density at radius 1 is 0.875 bits per heavy atom. The van der Waals surface area contributed by atoms with Crippen LogP contribution in [0.3, 0.4) is 0 Å². The standard InChI is InChI=1S/C52H76N2O18/c1-12-39-36(28-67-52-50(65-11)49(64-10)46(60)33(7)69-52)25-29(3)17-23-38(55)30(4)26-35(15-14-16-41(56)66-13-2)48(72-51-47(61)44(53(8)9)45(59)32(6)68-51)31(5)40(27-43(58)70-39)71-42(57)24-20-34-18-21-37(22-19-34)54(62)63/h14,16-25,30-33,35-36,39-40,44-52,59-61H,12-13,15,26-28H2,1-11H3/b16-14+,23-17+,24-20+,29-25+/t30-,31+,32+,33-,35+,36-,39-,40-,44-,45+,46-,47+,48-,49-,50-,51-,52-/m1/s1. The van der Waals surface area contributed by atoms with E-state index in [-0.39, 0.29) is 43.9 Å². The molecule has 2 saturated heterocycles. The number of allylic oxidation sites excluding steroid dienone is 4. The molecule has 402 valence electrons. The highest BCUT2D eigenvalue weighted by Gasteiger charge is 2.48. The van der Waals surface area contributed by atoms with Crippen molar-refractivity contribution >= 4 is 35.5 Å². The van der Waals surface area contributed by atoms with E-state index in [4.69, 9.17) is 42.6 Å². The van der Waals surface area contributed by atoms with Crippen molar-refractivity contribution in [2.24, 2.45) is 23.7 Å². The van der Waals surface area contributed by atoms with Crippen LogP contribution in [-0.4, -0.2) is 170 Å². The van der Waals surface area contributed by atoms with Crippen molar-refractivity contribution in [3.05, 3.63) is 82.0 Å². The van der Waals surface area contributed by atoms with Gasteiger partial charge in [0, 0.05) is 56.3 Å². The predicted octanol–water partition coefficient (Wildman–Crippen LogP) is 4.66. The molecule has 3 aliphatic rings. The highest BCUT2D eigenvalue weighted by atomic mass is 16.7. The number of carbonyl (C=O) groups is 4. The Labute approximate surface area is 422 Å². The summed E-state index contributed by atoms with van der Waals surface area (Å²) >= 11 is 0. The highest BCUT2D eigenvalue weighted by molar-refractivity contribution is 5.92. The molecule has 20 nitrogen and oxygen atoms in total. The summed E-state index contributed by atoms with van der Waals surface area (Å²) in [6.07, 6.45) is -1.99. The number of ketones is 1. The average molecular weight is 1020 g/mol. The predicted molar refractivity (Wildman–Crippen MR) is 262 cm³/mol. The summed E-state index contributed by atoms with van der Waals surface area (Å²) in [6, 6.07) is 4.63. The molecule has 4 rings (SSSR count). The average Bonchev–Trinajstić information content (AvgIpc) is 3.33. The van der Waals surface area contributed by atoms with E-state index in [1.807, 2.05) is 13.0 Å². The van der Waals surface area contributed by atoms with E-state index >= 15 is 0 Å². The van der Waals surface area contributed by atoms with Crippen LogP contribution in [0.1, 0.15) is 79.7 Å². The Morgan fingerprint density at radius 3 is 2.14 bits per heavy atom. The van der Waals surface area contributed by atoms with Crippen LogP contribution in [0.25, 0.3) is 6.08 Å². The van der Waals surface area contributed by atoms with Crippen molar-refractivity contribution < 1.29 is 82.1 Å². The monoisotopic (exact) mass is 1020 g/mol. The maximum Gasteiger partial charge on any atom is 0.331 e. The zero-order chi connectivity index (χ0) is 53.4. The summed E-state index contributed by atoms with van der Waals surface area (Å²) in [6.45, 7) is 12.1. The van der Waals surface area contributed by atoms with Crippen LogP contribution >= 0.6 is 0 Å². The van der Waals surface area contributed by atoms with Crippen LogP contribution in [0.15, 0.2) is 66.3 Å². The Kier molecular flexibility index (Phi) is 23.8. The third-order valence-electron chi connectivity index (χ3n) is 13.4. The summed E-state index contributed by atoms with van der Waals surface area (Å²) < 4.78 is 54.0. The molecule has 1 aromatic rings. The molecule has 17 atom stereocenters. The van der Waals surface area contributed by atoms with Gasteiger partial charge < -0.3 is 62.9 Å². The summed E-state index contributed by atoms with van der Waals surface area (Å²) in [4.78, 5) is 67.4. The van der Waals surface area contributed by atoms with Gasteiger partial charge in [-0.2, -0.15) is 0 Å². The first-order valence-electron chi connectivity index (χ1n) is 24.5. The van der Waals surface area contributed by atoms with Crippen molar-refractivity contribution in [1.29, 1.82) is 0 Å². The Balaban J connectivity index is 1.84. The summed E-state index contributed by atoms with van der Waals surface area (Å²) in [5.41, 5.74) is 0.940. The molecule has 0 unspecified atom stereocenters. The first-order valence-corrected chi connectivity index (χ1v) is 24.5. The normalized spacial score (nSPS) is 35.7. The molecule has 0 saturated carbocycles. The van der Waals surface area contributed by atoms with Gasteiger partial charge in [-0.15, -0.1) is 0 Å². The number of benzene rings is 1. The van der Waals surface area contributed by atoms with E-state index < -0.39 is 133 Å². The number of rotatable bonds is 17. The lowest BCUT2D eigenvalue weighted by Gasteiger charge is -2.46. The van der Waals surface area contributed by atoms with Gasteiger partial charge in [-0.1, -0.05) is 44.6 Å². The number of cyclic esters (lactones) is 1. The van der Waals surface area contributed by atoms with Crippen LogP contribution in [0.2, 0.25) is 0 Å². The van der Waals surface area contributed by atoms with Crippen LogP contribution in [0, 0.1) is 33.8 Å². The second kappa shape index (κ2) is 28.6. The minimum atomic E-state index is -1.42. The topological polar surface area (TPSA) is 258 Å². The molecular formula is C52H76N2O18. The van der Waals surface area contributed by atoms with Gasteiger partial charge >= 0.3 is 17.9 Å². The second-order valence-corrected chi connectivity index (χ2v) is 18.9. The molecule has 0 aliphatic carbocycles. The van der Waals surface area contributed by atoms with Crippen molar-refractivity contribution in [2.75, 3.05) is 41.5 Å². The lowest BCUT2D eigenvalue weighted by atomic mass is 9.79. The van der Waals surface area contributed by atoms with E-state index in [0.29, 0.717) is 11.1 Å². The van der Waals surface area contributed by atoms with E-state index in [1.165, 1.54) is 56.7 Å². The quantitative estimate of drug-likeness (QED) is 0.0630. The number of methoxy groups -OCH3 is 2. The number of carbonyl (C=O) groups excluding carboxylic acids is 4. The molecule has 2 fully saturated rings. The molecule has 3 heterocycles. The fraction of sp³-hybridized carbons (Fsp3) is 0.654. The molecule has 0 aromatic heterocycles. The molecule has 0 bridgehead atoms. The largest absolute Gasteiger partial charge is 0.463 e. The number of hydrogen-bond acceptors (Lipinski definition) is 19. The summed E-state index contributed by atoms with van der Waals surface area (Å²) in [7, 11) is 6.27. The lowest BCUT2D eigenvalue weighted by Crippen LogP contribution is -2.63. The number of hydrogen-bond donors (Lipinski definition) is 3. The van der Waals surface area contributed by atoms with Crippen LogP contribution in [-0.2, 0) is 61.8 Å². The minimum Gasteiger partial charge on any atom is -0.463 e. The molecule has 20 heteroatoms. The number of nitro benzene ring substituents is 1. The van der Waals surface area contributed by atoms with Crippen molar-refractivity contribution in [2.45, 2.75) is 154 Å². The number of esters is 3. The van der Waals surface area contributed by atoms with Crippen LogP contribution < -0.4 is 0 Å². The number of aliphatic hydroxyl groups is 3. The molecule has 0 radical (unpaired) electrons. The van der Waals surface area contributed by atoms with Gasteiger partial charge in [0.15, 0.2) is 18.4 Å². The van der Waals surface area contributed by atoms with Gasteiger partial charge in [0.1, 0.15) is 36.6 Å². The number of likely N-dealkylation sites (N-methyl/N-ethyl adjacent to an activating group) is 1. The Bertz CT molecular complexity index is 2060. The minimum absolute atomic E-state index is 0.0744. The zero-order valence-electron chi connectivity index (χ0n) is 43.3. The third kappa shape index (κ3) is 16.6. The molecule has 1 aromatic carbocycles. The maximum absolute atomic E-state index is 14.5. The molecule has 72 heavy (non-hydrogen) atoms. The van der Waals surface area contributed by atoms with Gasteiger partial charge in [-0.3, -0.25) is 19.7 Å². The van der Waals surface area contributed by atoms with Crippen molar-refractivity contribution in [1.82, 2.24) is 4.90 Å².